The molecule has 0 unspecified atom stereocenters. The first-order valence-electron chi connectivity index (χ1n) is 4.07. The van der Waals surface area contributed by atoms with Gasteiger partial charge in [0.05, 0.1) is 0 Å². The maximum absolute atomic E-state index is 3.36. The maximum Gasteiger partial charge on any atom is -0.00218 e. The van der Waals surface area contributed by atoms with Gasteiger partial charge in [-0.15, -0.1) is 6.58 Å². The molecule has 1 rings (SSSR count). The Bertz CT molecular complexity index is 72.8. The van der Waals surface area contributed by atoms with Gasteiger partial charge in [-0.3, -0.25) is 0 Å². The van der Waals surface area contributed by atoms with E-state index in [1.165, 1.54) is 32.4 Å². The highest BCUT2D eigenvalue weighted by Gasteiger charge is 2.02. The molecule has 0 atom stereocenters. The zero-order chi connectivity index (χ0) is 7.82. The van der Waals surface area contributed by atoms with Crippen molar-refractivity contribution >= 4 is 0 Å². The molecule has 1 saturated heterocycles. The summed E-state index contributed by atoms with van der Waals surface area (Å²) in [5.74, 6) is 0. The van der Waals surface area contributed by atoms with E-state index in [1.807, 2.05) is 6.92 Å². The van der Waals surface area contributed by atoms with E-state index < -0.39 is 0 Å². The number of hydrogen-bond acceptors (Lipinski definition) is 1. The van der Waals surface area contributed by atoms with E-state index in [9.17, 15) is 0 Å². The van der Waals surface area contributed by atoms with Gasteiger partial charge in [-0.05, 0) is 39.9 Å². The Morgan fingerprint density at radius 1 is 1.20 bits per heavy atom. The molecule has 60 valence electrons. The van der Waals surface area contributed by atoms with Gasteiger partial charge >= 0.3 is 0 Å². The molecule has 1 heteroatoms. The maximum atomic E-state index is 3.36. The summed E-state index contributed by atoms with van der Waals surface area (Å²) in [5.41, 5.74) is 0. The quantitative estimate of drug-likeness (QED) is 0.468. The van der Waals surface area contributed by atoms with Crippen molar-refractivity contribution in [3.05, 3.63) is 12.7 Å². The third-order valence-electron chi connectivity index (χ3n) is 1.58. The molecule has 1 fully saturated rings. The average molecular weight is 141 g/mol. The van der Waals surface area contributed by atoms with Crippen molar-refractivity contribution in [1.82, 2.24) is 4.90 Å². The summed E-state index contributed by atoms with van der Waals surface area (Å²) in [6.45, 7) is 7.89. The number of allylic oxidation sites excluding steroid dienone is 1. The smallest absolute Gasteiger partial charge is 0.00218 e. The van der Waals surface area contributed by atoms with Crippen LogP contribution in [0.15, 0.2) is 12.7 Å². The molecule has 0 aromatic carbocycles. The molecular formula is C9H19N. The van der Waals surface area contributed by atoms with E-state index in [-0.39, 0.29) is 0 Å². The lowest BCUT2D eigenvalue weighted by Crippen LogP contribution is -2.24. The molecule has 0 aromatic heterocycles. The van der Waals surface area contributed by atoms with Crippen molar-refractivity contribution in [2.45, 2.75) is 26.2 Å². The molecule has 0 amide bonds. The Balaban J connectivity index is 0.000000236. The SMILES string of the molecule is C=CC.CN1CCCCC1. The van der Waals surface area contributed by atoms with E-state index in [2.05, 4.69) is 18.5 Å². The highest BCUT2D eigenvalue weighted by molar-refractivity contribution is 4.58. The molecule has 1 aliphatic heterocycles. The van der Waals surface area contributed by atoms with Gasteiger partial charge in [0.1, 0.15) is 0 Å². The molecule has 0 spiro atoms. The first kappa shape index (κ1) is 9.70. The third-order valence-corrected chi connectivity index (χ3v) is 1.58. The Labute approximate surface area is 64.7 Å². The van der Waals surface area contributed by atoms with Crippen LogP contribution in [0.4, 0.5) is 0 Å². The Morgan fingerprint density at radius 2 is 1.60 bits per heavy atom. The molecule has 1 heterocycles. The standard InChI is InChI=1S/C6H13N.C3H6/c1-7-5-3-2-4-6-7;1-3-2/h2-6H2,1H3;3H,1H2,2H3. The fourth-order valence-electron chi connectivity index (χ4n) is 1.05. The predicted molar refractivity (Wildman–Crippen MR) is 47.2 cm³/mol. The van der Waals surface area contributed by atoms with Crippen LogP contribution in [0.3, 0.4) is 0 Å². The number of piperidine rings is 1. The molecule has 1 aliphatic rings. The summed E-state index contributed by atoms with van der Waals surface area (Å²) in [4.78, 5) is 2.39. The second-order valence-corrected chi connectivity index (χ2v) is 2.77. The minimum Gasteiger partial charge on any atom is -0.306 e. The lowest BCUT2D eigenvalue weighted by atomic mass is 10.1. The van der Waals surface area contributed by atoms with Crippen LogP contribution < -0.4 is 0 Å². The molecule has 0 aromatic rings. The minimum atomic E-state index is 1.32. The Kier molecular flexibility index (Phi) is 6.61. The number of rotatable bonds is 0. The van der Waals surface area contributed by atoms with E-state index in [0.29, 0.717) is 0 Å². The summed E-state index contributed by atoms with van der Waals surface area (Å²) in [6.07, 6.45) is 6.03. The summed E-state index contributed by atoms with van der Waals surface area (Å²) in [7, 11) is 2.19. The highest BCUT2D eigenvalue weighted by atomic mass is 15.1. The zero-order valence-electron chi connectivity index (χ0n) is 7.27. The normalized spacial score (nSPS) is 19.0. The van der Waals surface area contributed by atoms with E-state index in [4.69, 9.17) is 0 Å². The number of nitrogens with zero attached hydrogens (tertiary/aromatic N) is 1. The topological polar surface area (TPSA) is 3.24 Å². The van der Waals surface area contributed by atoms with Gasteiger partial charge < -0.3 is 4.90 Å². The second kappa shape index (κ2) is 6.81. The molecular weight excluding hydrogens is 122 g/mol. The zero-order valence-corrected chi connectivity index (χ0v) is 7.27. The van der Waals surface area contributed by atoms with Crippen molar-refractivity contribution < 1.29 is 0 Å². The second-order valence-electron chi connectivity index (χ2n) is 2.77. The van der Waals surface area contributed by atoms with Gasteiger partial charge in [-0.25, -0.2) is 0 Å². The minimum absolute atomic E-state index is 1.32. The number of likely N-dealkylation sites (tertiary alicyclic amines) is 1. The van der Waals surface area contributed by atoms with Crippen molar-refractivity contribution in [3.8, 4) is 0 Å². The molecule has 0 radical (unpaired) electrons. The van der Waals surface area contributed by atoms with Gasteiger partial charge in [0.25, 0.3) is 0 Å². The summed E-state index contributed by atoms with van der Waals surface area (Å²) >= 11 is 0. The average Bonchev–Trinajstić information content (AvgIpc) is 1.91. The largest absolute Gasteiger partial charge is 0.306 e. The van der Waals surface area contributed by atoms with Gasteiger partial charge in [-0.1, -0.05) is 12.5 Å². The van der Waals surface area contributed by atoms with Gasteiger partial charge in [0.15, 0.2) is 0 Å². The Morgan fingerprint density at radius 3 is 1.80 bits per heavy atom. The lowest BCUT2D eigenvalue weighted by molar-refractivity contribution is 0.277. The van der Waals surface area contributed by atoms with E-state index in [1.54, 1.807) is 6.08 Å². The van der Waals surface area contributed by atoms with Crippen molar-refractivity contribution in [3.63, 3.8) is 0 Å². The Hall–Kier alpha value is -0.300. The van der Waals surface area contributed by atoms with Crippen LogP contribution in [-0.4, -0.2) is 25.0 Å². The van der Waals surface area contributed by atoms with Crippen LogP contribution in [0.5, 0.6) is 0 Å². The lowest BCUT2D eigenvalue weighted by Gasteiger charge is -2.20. The predicted octanol–water partition coefficient (Wildman–Crippen LogP) is 2.29. The van der Waals surface area contributed by atoms with Gasteiger partial charge in [0, 0.05) is 0 Å². The van der Waals surface area contributed by atoms with Gasteiger partial charge in [-0.2, -0.15) is 0 Å². The molecule has 0 aliphatic carbocycles. The summed E-state index contributed by atoms with van der Waals surface area (Å²) in [5, 5.41) is 0. The fourth-order valence-corrected chi connectivity index (χ4v) is 1.05. The van der Waals surface area contributed by atoms with Crippen molar-refractivity contribution in [1.29, 1.82) is 0 Å². The third kappa shape index (κ3) is 5.83. The first-order chi connectivity index (χ1) is 4.81. The van der Waals surface area contributed by atoms with E-state index >= 15 is 0 Å². The molecule has 10 heavy (non-hydrogen) atoms. The van der Waals surface area contributed by atoms with Crippen LogP contribution in [0.1, 0.15) is 26.2 Å². The summed E-state index contributed by atoms with van der Waals surface area (Å²) < 4.78 is 0. The van der Waals surface area contributed by atoms with E-state index in [0.717, 1.165) is 0 Å². The van der Waals surface area contributed by atoms with Crippen LogP contribution in [0.2, 0.25) is 0 Å². The highest BCUT2D eigenvalue weighted by Crippen LogP contribution is 2.04. The van der Waals surface area contributed by atoms with Crippen LogP contribution in [0, 0.1) is 0 Å². The van der Waals surface area contributed by atoms with Crippen LogP contribution in [0.25, 0.3) is 0 Å². The van der Waals surface area contributed by atoms with Gasteiger partial charge in [0.2, 0.25) is 0 Å². The van der Waals surface area contributed by atoms with Crippen LogP contribution in [-0.2, 0) is 0 Å². The fraction of sp³-hybridized carbons (Fsp3) is 0.778. The number of hydrogen-bond donors (Lipinski definition) is 0. The first-order valence-corrected chi connectivity index (χ1v) is 4.07. The van der Waals surface area contributed by atoms with Crippen molar-refractivity contribution in [2.75, 3.05) is 20.1 Å². The van der Waals surface area contributed by atoms with Crippen molar-refractivity contribution in [2.24, 2.45) is 0 Å². The molecule has 0 saturated carbocycles. The monoisotopic (exact) mass is 141 g/mol. The summed E-state index contributed by atoms with van der Waals surface area (Å²) in [6, 6.07) is 0. The van der Waals surface area contributed by atoms with Crippen LogP contribution >= 0.6 is 0 Å². The molecule has 0 N–H and O–H groups in total. The molecule has 0 bridgehead atoms. The molecule has 1 nitrogen and oxygen atoms in total.